The molecule has 2 N–H and O–H groups in total. The minimum Gasteiger partial charge on any atom is -0.386 e. The van der Waals surface area contributed by atoms with Crippen LogP contribution < -0.4 is 0 Å². The van der Waals surface area contributed by atoms with Crippen molar-refractivity contribution in [3.8, 4) is 0 Å². The molecule has 3 nitrogen and oxygen atoms in total. The zero-order chi connectivity index (χ0) is 22.7. The Morgan fingerprint density at radius 2 is 1.40 bits per heavy atom. The number of rotatable bonds is 5. The lowest BCUT2D eigenvalue weighted by atomic mass is 9.74. The van der Waals surface area contributed by atoms with Gasteiger partial charge in [0.2, 0.25) is 0 Å². The number of hydrogen-bond donors (Lipinski definition) is 2. The van der Waals surface area contributed by atoms with Crippen molar-refractivity contribution in [3.63, 3.8) is 0 Å². The van der Waals surface area contributed by atoms with Gasteiger partial charge in [-0.05, 0) is 67.4 Å². The summed E-state index contributed by atoms with van der Waals surface area (Å²) >= 11 is 0. The van der Waals surface area contributed by atoms with Gasteiger partial charge in [0.25, 0.3) is 0 Å². The fourth-order valence-corrected chi connectivity index (χ4v) is 4.81. The Morgan fingerprint density at radius 1 is 0.867 bits per heavy atom. The van der Waals surface area contributed by atoms with Gasteiger partial charge in [-0.15, -0.1) is 0 Å². The van der Waals surface area contributed by atoms with Crippen molar-refractivity contribution >= 4 is 11.4 Å². The van der Waals surface area contributed by atoms with Gasteiger partial charge in [0.05, 0.1) is 5.60 Å². The van der Waals surface area contributed by atoms with Crippen LogP contribution in [0.2, 0.25) is 0 Å². The van der Waals surface area contributed by atoms with E-state index in [0.717, 1.165) is 17.5 Å². The first-order valence-electron chi connectivity index (χ1n) is 10.5. The number of carbonyl (C=O) groups is 1. The van der Waals surface area contributed by atoms with Gasteiger partial charge < -0.3 is 10.2 Å². The van der Waals surface area contributed by atoms with Gasteiger partial charge in [-0.2, -0.15) is 0 Å². The lowest BCUT2D eigenvalue weighted by molar-refractivity contribution is 0.0488. The summed E-state index contributed by atoms with van der Waals surface area (Å²) in [6.07, 6.45) is 0.937. The molecule has 2 aromatic rings. The summed E-state index contributed by atoms with van der Waals surface area (Å²) in [6.45, 7) is 17.4. The molecule has 2 aromatic carbocycles. The highest BCUT2D eigenvalue weighted by Gasteiger charge is 2.46. The quantitative estimate of drug-likeness (QED) is 0.653. The fraction of sp³-hybridized carbons (Fsp3) is 0.444. The number of Topliss-reactive ketones (excluding diaryl/α,β-unsaturated/α-hetero) is 1. The number of hydrogen-bond acceptors (Lipinski definition) is 3. The van der Waals surface area contributed by atoms with E-state index >= 15 is 0 Å². The number of fused-ring (bicyclic) bond motifs is 1. The maximum Gasteiger partial charge on any atom is 0.193 e. The zero-order valence-electron chi connectivity index (χ0n) is 19.3. The molecule has 30 heavy (non-hydrogen) atoms. The molecule has 0 fully saturated rings. The van der Waals surface area contributed by atoms with Gasteiger partial charge in [-0.3, -0.25) is 4.79 Å². The summed E-state index contributed by atoms with van der Waals surface area (Å²) in [6, 6.07) is 14.0. The highest BCUT2D eigenvalue weighted by Crippen LogP contribution is 2.53. The molecule has 0 aliphatic heterocycles. The summed E-state index contributed by atoms with van der Waals surface area (Å²) < 4.78 is 0. The molecule has 0 aromatic heterocycles. The maximum atomic E-state index is 12.4. The third kappa shape index (κ3) is 3.77. The summed E-state index contributed by atoms with van der Waals surface area (Å²) in [5.41, 5.74) is 3.21. The van der Waals surface area contributed by atoms with Crippen LogP contribution in [0.3, 0.4) is 0 Å². The molecule has 1 aliphatic rings. The Bertz CT molecular complexity index is 998. The van der Waals surface area contributed by atoms with Crippen LogP contribution in [0.1, 0.15) is 87.5 Å². The van der Waals surface area contributed by atoms with Gasteiger partial charge in [0.15, 0.2) is 5.78 Å². The van der Waals surface area contributed by atoms with E-state index in [9.17, 15) is 15.0 Å². The molecular formula is C27H34O3. The standard InChI is InChI=1S/C27H34O3/c1-17(25(4,5)29)19-11-14-21-22(15-19)27(8,16-24(21,2)3)20-12-9-18(10-13-20)23(28)26(6,7)30/h9-15,29-30H,1,16H2,2-8H3. The molecule has 160 valence electrons. The van der Waals surface area contributed by atoms with Crippen molar-refractivity contribution in [2.24, 2.45) is 0 Å². The lowest BCUT2D eigenvalue weighted by Crippen LogP contribution is -2.31. The van der Waals surface area contributed by atoms with Gasteiger partial charge in [0, 0.05) is 11.0 Å². The average molecular weight is 407 g/mol. The topological polar surface area (TPSA) is 57.5 Å². The Labute approximate surface area is 180 Å². The third-order valence-corrected chi connectivity index (χ3v) is 6.57. The van der Waals surface area contributed by atoms with Crippen molar-refractivity contribution in [1.82, 2.24) is 0 Å². The monoisotopic (exact) mass is 406 g/mol. The zero-order valence-corrected chi connectivity index (χ0v) is 19.3. The Balaban J connectivity index is 2.09. The van der Waals surface area contributed by atoms with Crippen molar-refractivity contribution < 1.29 is 15.0 Å². The van der Waals surface area contributed by atoms with E-state index in [-0.39, 0.29) is 16.6 Å². The van der Waals surface area contributed by atoms with Crippen LogP contribution in [0.15, 0.2) is 49.0 Å². The molecule has 0 radical (unpaired) electrons. The second-order valence-electron chi connectivity index (χ2n) is 10.7. The van der Waals surface area contributed by atoms with E-state index in [2.05, 4.69) is 45.5 Å². The number of aliphatic hydroxyl groups is 2. The molecule has 0 heterocycles. The smallest absolute Gasteiger partial charge is 0.193 e. The molecule has 1 aliphatic carbocycles. The lowest BCUT2D eigenvalue weighted by Gasteiger charge is -2.29. The van der Waals surface area contributed by atoms with E-state index in [1.165, 1.54) is 25.0 Å². The normalized spacial score (nSPS) is 20.7. The van der Waals surface area contributed by atoms with E-state index in [0.29, 0.717) is 11.1 Å². The number of carbonyl (C=O) groups excluding carboxylic acids is 1. The molecule has 0 spiro atoms. The van der Waals surface area contributed by atoms with E-state index < -0.39 is 11.2 Å². The first-order valence-corrected chi connectivity index (χ1v) is 10.5. The highest BCUT2D eigenvalue weighted by atomic mass is 16.3. The van der Waals surface area contributed by atoms with E-state index in [4.69, 9.17) is 0 Å². The maximum absolute atomic E-state index is 12.4. The van der Waals surface area contributed by atoms with Crippen molar-refractivity contribution in [2.45, 2.75) is 76.9 Å². The van der Waals surface area contributed by atoms with Crippen LogP contribution in [-0.4, -0.2) is 27.2 Å². The molecular weight excluding hydrogens is 372 g/mol. The second-order valence-corrected chi connectivity index (χ2v) is 10.7. The van der Waals surface area contributed by atoms with Crippen LogP contribution in [-0.2, 0) is 10.8 Å². The van der Waals surface area contributed by atoms with Gasteiger partial charge in [-0.1, -0.05) is 69.8 Å². The second kappa shape index (κ2) is 6.90. The average Bonchev–Trinajstić information content (AvgIpc) is 2.85. The summed E-state index contributed by atoms with van der Waals surface area (Å²) in [4.78, 5) is 12.4. The molecule has 3 heteroatoms. The molecule has 0 saturated carbocycles. The van der Waals surface area contributed by atoms with Crippen molar-refractivity contribution in [1.29, 1.82) is 0 Å². The first-order chi connectivity index (χ1) is 13.6. The minimum atomic E-state index is -1.39. The molecule has 1 unspecified atom stereocenters. The van der Waals surface area contributed by atoms with Crippen molar-refractivity contribution in [3.05, 3.63) is 76.9 Å². The fourth-order valence-electron chi connectivity index (χ4n) is 4.81. The third-order valence-electron chi connectivity index (χ3n) is 6.57. The largest absolute Gasteiger partial charge is 0.386 e. The molecule has 0 bridgehead atoms. The Morgan fingerprint density at radius 3 is 1.90 bits per heavy atom. The predicted octanol–water partition coefficient (Wildman–Crippen LogP) is 5.41. The molecule has 3 rings (SSSR count). The highest BCUT2D eigenvalue weighted by molar-refractivity contribution is 6.01. The van der Waals surface area contributed by atoms with Crippen LogP contribution in [0.5, 0.6) is 0 Å². The van der Waals surface area contributed by atoms with Crippen molar-refractivity contribution in [2.75, 3.05) is 0 Å². The van der Waals surface area contributed by atoms with Crippen LogP contribution in [0.25, 0.3) is 5.57 Å². The van der Waals surface area contributed by atoms with Gasteiger partial charge in [0.1, 0.15) is 5.60 Å². The Hall–Kier alpha value is -2.23. The number of benzene rings is 2. The summed E-state index contributed by atoms with van der Waals surface area (Å²) in [7, 11) is 0. The molecule has 0 saturated heterocycles. The molecule has 1 atom stereocenters. The minimum absolute atomic E-state index is 0.000258. The van der Waals surface area contributed by atoms with Gasteiger partial charge in [-0.25, -0.2) is 0 Å². The van der Waals surface area contributed by atoms with E-state index in [1.807, 2.05) is 24.3 Å². The predicted molar refractivity (Wildman–Crippen MR) is 123 cm³/mol. The van der Waals surface area contributed by atoms with Crippen LogP contribution >= 0.6 is 0 Å². The molecule has 0 amide bonds. The van der Waals surface area contributed by atoms with Gasteiger partial charge >= 0.3 is 0 Å². The SMILES string of the molecule is C=C(c1ccc2c(c1)C(C)(c1ccc(C(=O)C(C)(C)O)cc1)CC2(C)C)C(C)(C)O. The van der Waals surface area contributed by atoms with Crippen LogP contribution in [0, 0.1) is 0 Å². The Kier molecular flexibility index (Phi) is 5.16. The number of ketones is 1. The van der Waals surface area contributed by atoms with Crippen LogP contribution in [0.4, 0.5) is 0 Å². The van der Waals surface area contributed by atoms with E-state index in [1.54, 1.807) is 13.8 Å². The first kappa shape index (κ1) is 22.5. The summed E-state index contributed by atoms with van der Waals surface area (Å²) in [5, 5.41) is 20.5. The summed E-state index contributed by atoms with van der Waals surface area (Å²) in [5.74, 6) is -0.282.